The first kappa shape index (κ1) is 39.9. The van der Waals surface area contributed by atoms with E-state index in [0.29, 0.717) is 30.9 Å². The summed E-state index contributed by atoms with van der Waals surface area (Å²) in [5.41, 5.74) is 0.254. The molecular formula is C36H49N3O10S2. The molecule has 1 amide bonds. The molecular weight excluding hydrogens is 699 g/mol. The van der Waals surface area contributed by atoms with Gasteiger partial charge >= 0.3 is 0 Å². The smallest absolute Gasteiger partial charge is 0.261 e. The van der Waals surface area contributed by atoms with E-state index in [-0.39, 0.29) is 58.5 Å². The van der Waals surface area contributed by atoms with Crippen molar-refractivity contribution in [3.8, 4) is 17.2 Å². The Balaban J connectivity index is 1.66. The van der Waals surface area contributed by atoms with Gasteiger partial charge in [-0.3, -0.25) is 9.52 Å². The third kappa shape index (κ3) is 10.1. The molecule has 0 saturated heterocycles. The summed E-state index contributed by atoms with van der Waals surface area (Å²) in [4.78, 5) is 16.0. The maximum absolute atomic E-state index is 14.4. The van der Waals surface area contributed by atoms with Crippen molar-refractivity contribution in [1.82, 2.24) is 9.21 Å². The number of fused-ring (bicyclic) bond motifs is 1. The number of anilines is 1. The molecule has 51 heavy (non-hydrogen) atoms. The Hall–Kier alpha value is -3.89. The van der Waals surface area contributed by atoms with Crippen molar-refractivity contribution in [3.05, 3.63) is 72.3 Å². The van der Waals surface area contributed by atoms with Crippen LogP contribution in [-0.4, -0.2) is 103 Å². The minimum absolute atomic E-state index is 0.00829. The zero-order valence-corrected chi connectivity index (χ0v) is 31.6. The standard InChI is InChI=1S/C36H49N3O10S2/c1-25-22-39(26(2)24-40)36(41)33-21-28(37-50(42,43)31-15-11-29(46-5)12-16-31)10-19-34(33)49-27(3)9-7-8-20-48-35(25)23-38(4)51(44,45)32-17-13-30(47-6)14-18-32/h10-19,21,25-27,35,37,40H,7-9,20,22-24H2,1-6H3/t25-,26+,27+,35-/m0/s1. The van der Waals surface area contributed by atoms with Crippen LogP contribution in [0.4, 0.5) is 5.69 Å². The molecule has 3 aromatic rings. The molecule has 4 atom stereocenters. The van der Waals surface area contributed by atoms with Crippen LogP contribution in [0.2, 0.25) is 0 Å². The van der Waals surface area contributed by atoms with Crippen LogP contribution in [0, 0.1) is 5.92 Å². The Morgan fingerprint density at radius 1 is 0.941 bits per heavy atom. The summed E-state index contributed by atoms with van der Waals surface area (Å²) in [5, 5.41) is 10.3. The molecule has 1 heterocycles. The molecule has 0 unspecified atom stereocenters. The quantitative estimate of drug-likeness (QED) is 0.283. The van der Waals surface area contributed by atoms with Crippen LogP contribution in [0.25, 0.3) is 0 Å². The second-order valence-electron chi connectivity index (χ2n) is 12.8. The maximum Gasteiger partial charge on any atom is 0.261 e. The lowest BCUT2D eigenvalue weighted by Gasteiger charge is -2.35. The first-order valence-corrected chi connectivity index (χ1v) is 19.7. The molecule has 0 aromatic heterocycles. The normalized spacial score (nSPS) is 20.1. The van der Waals surface area contributed by atoms with E-state index in [1.54, 1.807) is 25.1 Å². The number of amides is 1. The van der Waals surface area contributed by atoms with Crippen molar-refractivity contribution < 1.29 is 45.7 Å². The average molecular weight is 748 g/mol. The molecule has 1 aliphatic heterocycles. The van der Waals surface area contributed by atoms with Crippen molar-refractivity contribution in [2.75, 3.05) is 52.3 Å². The number of hydrogen-bond acceptors (Lipinski definition) is 10. The van der Waals surface area contributed by atoms with E-state index < -0.39 is 38.1 Å². The summed E-state index contributed by atoms with van der Waals surface area (Å²) >= 11 is 0. The molecule has 0 aliphatic carbocycles. The van der Waals surface area contributed by atoms with E-state index >= 15 is 0 Å². The number of hydrogen-bond donors (Lipinski definition) is 2. The zero-order chi connectivity index (χ0) is 37.3. The van der Waals surface area contributed by atoms with Crippen LogP contribution >= 0.6 is 0 Å². The van der Waals surface area contributed by atoms with Crippen molar-refractivity contribution in [3.63, 3.8) is 0 Å². The van der Waals surface area contributed by atoms with Crippen LogP contribution in [0.1, 0.15) is 50.4 Å². The molecule has 0 radical (unpaired) electrons. The highest BCUT2D eigenvalue weighted by atomic mass is 32.2. The fourth-order valence-corrected chi connectivity index (χ4v) is 7.93. The van der Waals surface area contributed by atoms with E-state index in [1.165, 1.54) is 79.0 Å². The number of methoxy groups -OCH3 is 2. The highest BCUT2D eigenvalue weighted by molar-refractivity contribution is 7.92. The summed E-state index contributed by atoms with van der Waals surface area (Å²) < 4.78 is 80.3. The fraction of sp³-hybridized carbons (Fsp3) is 0.472. The predicted molar refractivity (Wildman–Crippen MR) is 193 cm³/mol. The first-order chi connectivity index (χ1) is 24.2. The number of benzene rings is 3. The SMILES string of the molecule is COc1ccc(S(=O)(=O)Nc2ccc3c(c2)C(=O)N([C@H](C)CO)C[C@H](C)[C@H](CN(C)S(=O)(=O)c2ccc(OC)cc2)OCCCC[C@@H](C)O3)cc1. The first-order valence-electron chi connectivity index (χ1n) is 16.8. The molecule has 0 saturated carbocycles. The Bertz CT molecular complexity index is 1820. The van der Waals surface area contributed by atoms with E-state index in [1.807, 2.05) is 13.8 Å². The van der Waals surface area contributed by atoms with Crippen LogP contribution in [0.15, 0.2) is 76.5 Å². The summed E-state index contributed by atoms with van der Waals surface area (Å²) in [5.74, 6) is 0.427. The maximum atomic E-state index is 14.4. The van der Waals surface area contributed by atoms with Gasteiger partial charge in [0.05, 0.1) is 54.4 Å². The van der Waals surface area contributed by atoms with Gasteiger partial charge in [-0.15, -0.1) is 0 Å². The molecule has 2 N–H and O–H groups in total. The number of sulfonamides is 2. The number of rotatable bonds is 11. The average Bonchev–Trinajstić information content (AvgIpc) is 3.12. The zero-order valence-electron chi connectivity index (χ0n) is 29.9. The molecule has 280 valence electrons. The lowest BCUT2D eigenvalue weighted by molar-refractivity contribution is -0.00833. The Morgan fingerprint density at radius 2 is 1.55 bits per heavy atom. The van der Waals surface area contributed by atoms with Gasteiger partial charge in [0, 0.05) is 38.3 Å². The van der Waals surface area contributed by atoms with Crippen molar-refractivity contribution >= 4 is 31.6 Å². The number of ether oxygens (including phenoxy) is 4. The van der Waals surface area contributed by atoms with E-state index in [9.17, 15) is 26.7 Å². The molecule has 4 rings (SSSR count). The van der Waals surface area contributed by atoms with Crippen LogP contribution in [0.3, 0.4) is 0 Å². The summed E-state index contributed by atoms with van der Waals surface area (Å²) in [6, 6.07) is 15.9. The second-order valence-corrected chi connectivity index (χ2v) is 16.5. The van der Waals surface area contributed by atoms with Gasteiger partial charge < -0.3 is 29.0 Å². The second kappa shape index (κ2) is 17.6. The van der Waals surface area contributed by atoms with Gasteiger partial charge in [-0.2, -0.15) is 4.31 Å². The van der Waals surface area contributed by atoms with Crippen LogP contribution in [-0.2, 0) is 24.8 Å². The van der Waals surface area contributed by atoms with E-state index in [4.69, 9.17) is 18.9 Å². The van der Waals surface area contributed by atoms with Crippen LogP contribution < -0.4 is 18.9 Å². The minimum atomic E-state index is -4.03. The lowest BCUT2D eigenvalue weighted by Crippen LogP contribution is -2.48. The van der Waals surface area contributed by atoms with Gasteiger partial charge in [-0.1, -0.05) is 6.92 Å². The topological polar surface area (TPSA) is 161 Å². The van der Waals surface area contributed by atoms with Gasteiger partial charge in [0.2, 0.25) is 10.0 Å². The molecule has 15 heteroatoms. The Labute approximate surface area is 301 Å². The molecule has 0 bridgehead atoms. The molecule has 1 aliphatic rings. The number of carbonyl (C=O) groups is 1. The van der Waals surface area contributed by atoms with Crippen molar-refractivity contribution in [2.24, 2.45) is 5.92 Å². The van der Waals surface area contributed by atoms with E-state index in [0.717, 1.165) is 6.42 Å². The van der Waals surface area contributed by atoms with Gasteiger partial charge in [0.15, 0.2) is 0 Å². The number of carbonyl (C=O) groups excluding carboxylic acids is 1. The van der Waals surface area contributed by atoms with Gasteiger partial charge in [0.1, 0.15) is 17.2 Å². The number of nitrogens with zero attached hydrogens (tertiary/aromatic N) is 2. The van der Waals surface area contributed by atoms with Crippen molar-refractivity contribution in [2.45, 2.75) is 68.1 Å². The Morgan fingerprint density at radius 3 is 2.14 bits per heavy atom. The number of likely N-dealkylation sites (N-methyl/N-ethyl adjacent to an activating group) is 1. The Kier molecular flexibility index (Phi) is 13.7. The number of aliphatic hydroxyl groups is 1. The minimum Gasteiger partial charge on any atom is -0.497 e. The molecule has 0 spiro atoms. The van der Waals surface area contributed by atoms with Gasteiger partial charge in [-0.05, 0) is 99.8 Å². The largest absolute Gasteiger partial charge is 0.497 e. The molecule has 3 aromatic carbocycles. The van der Waals surface area contributed by atoms with E-state index in [2.05, 4.69) is 4.72 Å². The highest BCUT2D eigenvalue weighted by Crippen LogP contribution is 2.30. The van der Waals surface area contributed by atoms with Crippen molar-refractivity contribution in [1.29, 1.82) is 0 Å². The molecule has 0 fully saturated rings. The van der Waals surface area contributed by atoms with Gasteiger partial charge in [-0.25, -0.2) is 16.8 Å². The fourth-order valence-electron chi connectivity index (χ4n) is 5.70. The summed E-state index contributed by atoms with van der Waals surface area (Å²) in [6.07, 6.45) is 1.19. The predicted octanol–water partition coefficient (Wildman–Crippen LogP) is 4.62. The highest BCUT2D eigenvalue weighted by Gasteiger charge is 2.32. The van der Waals surface area contributed by atoms with Gasteiger partial charge in [0.25, 0.3) is 15.9 Å². The van der Waals surface area contributed by atoms with Crippen LogP contribution in [0.5, 0.6) is 17.2 Å². The number of nitrogens with one attached hydrogen (secondary N) is 1. The summed E-state index contributed by atoms with van der Waals surface area (Å²) in [7, 11) is -3.43. The third-order valence-electron chi connectivity index (χ3n) is 8.88. The lowest BCUT2D eigenvalue weighted by atomic mass is 10.0. The molecule has 13 nitrogen and oxygen atoms in total. The third-order valence-corrected chi connectivity index (χ3v) is 12.1. The summed E-state index contributed by atoms with van der Waals surface area (Å²) in [6.45, 7) is 5.58. The monoisotopic (exact) mass is 747 g/mol. The number of aliphatic hydroxyl groups excluding tert-OH is 1.